The van der Waals surface area contributed by atoms with Crippen molar-refractivity contribution in [3.8, 4) is 46.5 Å². The number of ether oxygens (including phenoxy) is 4. The summed E-state index contributed by atoms with van der Waals surface area (Å²) in [6, 6.07) is 12.8. The van der Waals surface area contributed by atoms with Crippen LogP contribution in [0.15, 0.2) is 60.7 Å². The van der Waals surface area contributed by atoms with Gasteiger partial charge in [-0.1, -0.05) is 12.1 Å². The standard InChI is InChI=1S/C24H12N4O10/c29-11-13-17-3-1-5-19(13)37-23-15(27(31)32)8-10-22(26-23)36-18-4-2-6-20(14(18)12-30)38-24-16(28(33)34)7-9-21(25-24)35-17/h1-12H. The first-order chi connectivity index (χ1) is 18.4. The van der Waals surface area contributed by atoms with Crippen LogP contribution < -0.4 is 18.9 Å². The van der Waals surface area contributed by atoms with Gasteiger partial charge in [-0.3, -0.25) is 29.8 Å². The molecule has 3 heterocycles. The monoisotopic (exact) mass is 516 g/mol. The molecular weight excluding hydrogens is 504 g/mol. The van der Waals surface area contributed by atoms with Crippen LogP contribution >= 0.6 is 0 Å². The van der Waals surface area contributed by atoms with E-state index in [0.717, 1.165) is 12.1 Å². The molecule has 0 fully saturated rings. The number of rotatable bonds is 4. The molecule has 0 radical (unpaired) electrons. The molecule has 0 saturated carbocycles. The third kappa shape index (κ3) is 4.39. The number of aldehydes is 2. The Morgan fingerprint density at radius 2 is 0.947 bits per heavy atom. The minimum atomic E-state index is -0.737. The molecule has 188 valence electrons. The molecule has 1 aliphatic heterocycles. The SMILES string of the molecule is O=Cc1c2cccc1Oc1nc(ccc1[N+](=O)[O-])Oc1cccc(c1C=O)Oc1nc(ccc1[N+](=O)[O-])O2. The zero-order valence-electron chi connectivity index (χ0n) is 18.8. The summed E-state index contributed by atoms with van der Waals surface area (Å²) < 4.78 is 22.7. The summed E-state index contributed by atoms with van der Waals surface area (Å²) in [6.07, 6.45) is 0.786. The lowest BCUT2D eigenvalue weighted by molar-refractivity contribution is -0.386. The summed E-state index contributed by atoms with van der Waals surface area (Å²) in [6.45, 7) is 0. The molecule has 0 saturated heterocycles. The molecule has 38 heavy (non-hydrogen) atoms. The fourth-order valence-electron chi connectivity index (χ4n) is 3.44. The maximum Gasteiger partial charge on any atom is 0.331 e. The summed E-state index contributed by atoms with van der Waals surface area (Å²) in [5.41, 5.74) is -1.37. The van der Waals surface area contributed by atoms with E-state index in [1.54, 1.807) is 0 Å². The molecule has 2 aromatic carbocycles. The van der Waals surface area contributed by atoms with Crippen molar-refractivity contribution in [1.29, 1.82) is 0 Å². The zero-order chi connectivity index (χ0) is 26.8. The van der Waals surface area contributed by atoms with Crippen molar-refractivity contribution in [2.45, 2.75) is 0 Å². The Labute approximate surface area is 211 Å². The number of nitrogens with zero attached hydrogens (tertiary/aromatic N) is 4. The van der Waals surface area contributed by atoms with Gasteiger partial charge in [-0.15, -0.1) is 0 Å². The molecule has 0 aliphatic carbocycles. The predicted octanol–water partition coefficient (Wildman–Crippen LogP) is 5.40. The van der Waals surface area contributed by atoms with E-state index in [1.165, 1.54) is 48.5 Å². The second kappa shape index (κ2) is 9.62. The fraction of sp³-hybridized carbons (Fsp3) is 0. The number of fused-ring (bicyclic) bond motifs is 8. The van der Waals surface area contributed by atoms with E-state index in [-0.39, 0.29) is 45.9 Å². The van der Waals surface area contributed by atoms with Crippen molar-refractivity contribution in [3.05, 3.63) is 92.0 Å². The van der Waals surface area contributed by atoms with Gasteiger partial charge in [0, 0.05) is 24.3 Å². The minimum Gasteiger partial charge on any atom is -0.438 e. The Bertz CT molecular complexity index is 1520. The zero-order valence-corrected chi connectivity index (χ0v) is 18.8. The highest BCUT2D eigenvalue weighted by molar-refractivity contribution is 5.85. The highest BCUT2D eigenvalue weighted by atomic mass is 16.6. The van der Waals surface area contributed by atoms with Crippen LogP contribution in [0.25, 0.3) is 0 Å². The fourth-order valence-corrected chi connectivity index (χ4v) is 3.44. The van der Waals surface area contributed by atoms with Gasteiger partial charge in [-0.05, 0) is 24.3 Å². The van der Waals surface area contributed by atoms with E-state index in [4.69, 9.17) is 18.9 Å². The van der Waals surface area contributed by atoms with Crippen LogP contribution in [0.4, 0.5) is 11.4 Å². The maximum atomic E-state index is 12.0. The van der Waals surface area contributed by atoms with Crippen molar-refractivity contribution >= 4 is 23.9 Å². The first kappa shape index (κ1) is 23.8. The number of hydrogen-bond donors (Lipinski definition) is 0. The van der Waals surface area contributed by atoms with Gasteiger partial charge in [0.1, 0.15) is 23.0 Å². The van der Waals surface area contributed by atoms with Crippen LogP contribution in [0.3, 0.4) is 0 Å². The van der Waals surface area contributed by atoms with E-state index in [1.807, 2.05) is 0 Å². The minimum absolute atomic E-state index is 0.0810. The van der Waals surface area contributed by atoms with Crippen LogP contribution in [-0.4, -0.2) is 32.4 Å². The van der Waals surface area contributed by atoms with E-state index in [2.05, 4.69) is 9.97 Å². The molecule has 0 unspecified atom stereocenters. The van der Waals surface area contributed by atoms with Crippen molar-refractivity contribution in [3.63, 3.8) is 0 Å². The molecule has 8 bridgehead atoms. The lowest BCUT2D eigenvalue weighted by Gasteiger charge is -2.15. The summed E-state index contributed by atoms with van der Waals surface area (Å²) in [5, 5.41) is 23.2. The molecular formula is C24H12N4O10. The van der Waals surface area contributed by atoms with E-state index in [9.17, 15) is 29.8 Å². The Morgan fingerprint density at radius 1 is 0.579 bits per heavy atom. The van der Waals surface area contributed by atoms with Gasteiger partial charge in [0.2, 0.25) is 11.8 Å². The first-order valence-corrected chi connectivity index (χ1v) is 10.6. The van der Waals surface area contributed by atoms with E-state index < -0.39 is 33.0 Å². The molecule has 1 aliphatic rings. The number of benzene rings is 2. The molecule has 14 heteroatoms. The molecule has 0 atom stereocenters. The highest BCUT2D eigenvalue weighted by Crippen LogP contribution is 2.40. The molecule has 14 nitrogen and oxygen atoms in total. The van der Waals surface area contributed by atoms with Gasteiger partial charge in [-0.2, -0.15) is 9.97 Å². The lowest BCUT2D eigenvalue weighted by atomic mass is 10.2. The molecule has 4 aromatic rings. The smallest absolute Gasteiger partial charge is 0.331 e. The van der Waals surface area contributed by atoms with Crippen LogP contribution in [0, 0.1) is 20.2 Å². The molecule has 0 amide bonds. The number of carbonyl (C=O) groups excluding carboxylic acids is 2. The van der Waals surface area contributed by atoms with Gasteiger partial charge in [-0.25, -0.2) is 0 Å². The second-order valence-corrected chi connectivity index (χ2v) is 7.44. The van der Waals surface area contributed by atoms with Gasteiger partial charge in [0.05, 0.1) is 21.0 Å². The average molecular weight is 516 g/mol. The third-order valence-electron chi connectivity index (χ3n) is 5.15. The molecule has 0 spiro atoms. The van der Waals surface area contributed by atoms with Gasteiger partial charge in [0.15, 0.2) is 12.6 Å². The summed E-state index contributed by atoms with van der Waals surface area (Å²) in [5.74, 6) is -1.87. The number of aromatic nitrogens is 2. The quantitative estimate of drug-likeness (QED) is 0.169. The van der Waals surface area contributed by atoms with Gasteiger partial charge < -0.3 is 18.9 Å². The van der Waals surface area contributed by atoms with Crippen molar-refractivity contribution in [2.75, 3.05) is 0 Å². The van der Waals surface area contributed by atoms with E-state index >= 15 is 0 Å². The van der Waals surface area contributed by atoms with Gasteiger partial charge in [0.25, 0.3) is 0 Å². The van der Waals surface area contributed by atoms with Crippen molar-refractivity contribution in [2.24, 2.45) is 0 Å². The topological polar surface area (TPSA) is 183 Å². The number of hydrogen-bond acceptors (Lipinski definition) is 12. The Kier molecular flexibility index (Phi) is 6.02. The Hall–Kier alpha value is -5.92. The Balaban J connectivity index is 1.76. The number of pyridine rings is 2. The normalized spacial score (nSPS) is 11.6. The predicted molar refractivity (Wildman–Crippen MR) is 126 cm³/mol. The Morgan fingerprint density at radius 3 is 1.29 bits per heavy atom. The van der Waals surface area contributed by atoms with Crippen LogP contribution in [0.5, 0.6) is 46.5 Å². The summed E-state index contributed by atoms with van der Waals surface area (Å²) >= 11 is 0. The second-order valence-electron chi connectivity index (χ2n) is 7.44. The molecule has 5 rings (SSSR count). The maximum absolute atomic E-state index is 12.0. The van der Waals surface area contributed by atoms with Gasteiger partial charge >= 0.3 is 23.1 Å². The molecule has 2 aromatic heterocycles. The number of nitro groups is 2. The van der Waals surface area contributed by atoms with Crippen molar-refractivity contribution in [1.82, 2.24) is 9.97 Å². The van der Waals surface area contributed by atoms with Crippen LogP contribution in [0.1, 0.15) is 20.7 Å². The average Bonchev–Trinajstić information content (AvgIpc) is 2.88. The summed E-state index contributed by atoms with van der Waals surface area (Å²) in [4.78, 5) is 53.7. The molecule has 0 N–H and O–H groups in total. The first-order valence-electron chi connectivity index (χ1n) is 10.6. The van der Waals surface area contributed by atoms with Crippen molar-refractivity contribution < 1.29 is 38.4 Å². The van der Waals surface area contributed by atoms with Crippen LogP contribution in [0.2, 0.25) is 0 Å². The highest BCUT2D eigenvalue weighted by Gasteiger charge is 2.25. The van der Waals surface area contributed by atoms with Crippen LogP contribution in [-0.2, 0) is 0 Å². The number of carbonyl (C=O) groups is 2. The lowest BCUT2D eigenvalue weighted by Crippen LogP contribution is -2.03. The summed E-state index contributed by atoms with van der Waals surface area (Å²) in [7, 11) is 0. The largest absolute Gasteiger partial charge is 0.438 e. The van der Waals surface area contributed by atoms with E-state index in [0.29, 0.717) is 12.6 Å². The third-order valence-corrected chi connectivity index (χ3v) is 5.15.